The van der Waals surface area contributed by atoms with Crippen molar-refractivity contribution in [2.75, 3.05) is 0 Å². The van der Waals surface area contributed by atoms with Crippen molar-refractivity contribution in [2.45, 2.75) is 19.9 Å². The van der Waals surface area contributed by atoms with Gasteiger partial charge in [-0.05, 0) is 40.6 Å². The molecule has 1 rings (SSSR count). The minimum atomic E-state index is -0.199. The summed E-state index contributed by atoms with van der Waals surface area (Å²) in [5.74, 6) is 0.457. The summed E-state index contributed by atoms with van der Waals surface area (Å²) in [7, 11) is 0. The van der Waals surface area contributed by atoms with Gasteiger partial charge in [0.25, 0.3) is 0 Å². The van der Waals surface area contributed by atoms with Crippen LogP contribution >= 0.6 is 22.6 Å². The predicted molar refractivity (Wildman–Crippen MR) is 60.4 cm³/mol. The van der Waals surface area contributed by atoms with E-state index in [9.17, 15) is 5.11 Å². The number of aromatic nitrogens is 1. The zero-order chi connectivity index (χ0) is 10.0. The van der Waals surface area contributed by atoms with Crippen molar-refractivity contribution in [1.82, 2.24) is 4.98 Å². The van der Waals surface area contributed by atoms with Crippen LogP contribution in [0.15, 0.2) is 12.1 Å². The number of pyridine rings is 1. The largest absolute Gasteiger partial charge is 0.506 e. The van der Waals surface area contributed by atoms with E-state index in [1.807, 2.05) is 13.8 Å². The van der Waals surface area contributed by atoms with Gasteiger partial charge in [0, 0.05) is 0 Å². The molecule has 0 saturated carbocycles. The number of aromatic hydroxyl groups is 1. The fourth-order valence-corrected chi connectivity index (χ4v) is 1.44. The normalized spacial score (nSPS) is 13.3. The first kappa shape index (κ1) is 10.7. The van der Waals surface area contributed by atoms with E-state index in [0.29, 0.717) is 5.69 Å². The van der Waals surface area contributed by atoms with Crippen molar-refractivity contribution < 1.29 is 5.11 Å². The highest BCUT2D eigenvalue weighted by atomic mass is 127. The average molecular weight is 292 g/mol. The van der Waals surface area contributed by atoms with Gasteiger partial charge in [0.05, 0.1) is 6.04 Å². The summed E-state index contributed by atoms with van der Waals surface area (Å²) in [6, 6.07) is 3.19. The highest BCUT2D eigenvalue weighted by Gasteiger charge is 2.16. The highest BCUT2D eigenvalue weighted by Crippen LogP contribution is 2.25. The fraction of sp³-hybridized carbons (Fsp3) is 0.444. The maximum Gasteiger partial charge on any atom is 0.138 e. The number of rotatable bonds is 2. The molecule has 4 heteroatoms. The lowest BCUT2D eigenvalue weighted by Gasteiger charge is -2.16. The topological polar surface area (TPSA) is 59.1 Å². The molecule has 0 aliphatic carbocycles. The average Bonchev–Trinajstić information content (AvgIpc) is 2.08. The van der Waals surface area contributed by atoms with Crippen molar-refractivity contribution in [2.24, 2.45) is 11.7 Å². The molecule has 0 aliphatic heterocycles. The Bertz CT molecular complexity index is 302. The number of hydrogen-bond acceptors (Lipinski definition) is 3. The Balaban J connectivity index is 3.05. The van der Waals surface area contributed by atoms with Gasteiger partial charge in [0.15, 0.2) is 0 Å². The molecular weight excluding hydrogens is 279 g/mol. The van der Waals surface area contributed by atoms with Gasteiger partial charge < -0.3 is 10.8 Å². The van der Waals surface area contributed by atoms with Crippen LogP contribution in [0.4, 0.5) is 0 Å². The Kier molecular flexibility index (Phi) is 3.49. The quantitative estimate of drug-likeness (QED) is 0.648. The van der Waals surface area contributed by atoms with Crippen LogP contribution in [-0.2, 0) is 0 Å². The first-order chi connectivity index (χ1) is 6.02. The Hall–Kier alpha value is -0.360. The molecule has 3 N–H and O–H groups in total. The summed E-state index contributed by atoms with van der Waals surface area (Å²) in [6.07, 6.45) is 0. The molecule has 0 aromatic carbocycles. The van der Waals surface area contributed by atoms with Crippen LogP contribution in [0, 0.1) is 9.62 Å². The number of halogens is 1. The Morgan fingerprint density at radius 2 is 2.08 bits per heavy atom. The molecular formula is C9H13IN2O. The van der Waals surface area contributed by atoms with Crippen molar-refractivity contribution in [3.63, 3.8) is 0 Å². The molecule has 0 amide bonds. The third-order valence-corrected chi connectivity index (χ3v) is 2.50. The smallest absolute Gasteiger partial charge is 0.138 e. The maximum absolute atomic E-state index is 9.51. The minimum Gasteiger partial charge on any atom is -0.506 e. The van der Waals surface area contributed by atoms with Crippen molar-refractivity contribution in [1.29, 1.82) is 0 Å². The minimum absolute atomic E-state index is 0.182. The van der Waals surface area contributed by atoms with Crippen LogP contribution in [0.25, 0.3) is 0 Å². The van der Waals surface area contributed by atoms with E-state index in [-0.39, 0.29) is 17.7 Å². The number of hydrogen-bond donors (Lipinski definition) is 2. The van der Waals surface area contributed by atoms with E-state index < -0.39 is 0 Å². The molecule has 1 heterocycles. The van der Waals surface area contributed by atoms with Gasteiger partial charge in [0.2, 0.25) is 0 Å². The molecule has 13 heavy (non-hydrogen) atoms. The summed E-state index contributed by atoms with van der Waals surface area (Å²) >= 11 is 2.10. The van der Waals surface area contributed by atoms with E-state index in [4.69, 9.17) is 5.73 Å². The lowest BCUT2D eigenvalue weighted by atomic mass is 10.0. The number of nitrogens with zero attached hydrogens (tertiary/aromatic N) is 1. The molecule has 0 radical (unpaired) electrons. The first-order valence-corrected chi connectivity index (χ1v) is 5.21. The van der Waals surface area contributed by atoms with Crippen molar-refractivity contribution in [3.8, 4) is 5.75 Å². The first-order valence-electron chi connectivity index (χ1n) is 4.13. The van der Waals surface area contributed by atoms with Crippen LogP contribution in [0.3, 0.4) is 0 Å². The van der Waals surface area contributed by atoms with Crippen molar-refractivity contribution >= 4 is 22.6 Å². The van der Waals surface area contributed by atoms with Crippen LogP contribution in [0.2, 0.25) is 0 Å². The van der Waals surface area contributed by atoms with Crippen LogP contribution in [-0.4, -0.2) is 10.1 Å². The summed E-state index contributed by atoms with van der Waals surface area (Å²) in [5.41, 5.74) is 6.47. The zero-order valence-electron chi connectivity index (χ0n) is 7.66. The van der Waals surface area contributed by atoms with E-state index in [1.54, 1.807) is 12.1 Å². The molecule has 0 spiro atoms. The molecule has 1 aromatic rings. The molecule has 0 fully saturated rings. The summed E-state index contributed by atoms with van der Waals surface area (Å²) in [4.78, 5) is 4.21. The highest BCUT2D eigenvalue weighted by molar-refractivity contribution is 14.1. The lowest BCUT2D eigenvalue weighted by Crippen LogP contribution is -2.18. The van der Waals surface area contributed by atoms with Gasteiger partial charge in [-0.1, -0.05) is 13.8 Å². The van der Waals surface area contributed by atoms with E-state index in [0.717, 1.165) is 3.70 Å². The molecule has 0 bridgehead atoms. The molecule has 3 nitrogen and oxygen atoms in total. The predicted octanol–water partition coefficient (Wildman–Crippen LogP) is 2.05. The van der Waals surface area contributed by atoms with Gasteiger partial charge in [-0.15, -0.1) is 0 Å². The summed E-state index contributed by atoms with van der Waals surface area (Å²) in [6.45, 7) is 4.01. The standard InChI is InChI=1S/C9H13IN2O/c1-5(2)8(11)9-6(13)3-4-7(10)12-9/h3-5,8,13H,11H2,1-2H3/t8-/m0/s1. The van der Waals surface area contributed by atoms with Gasteiger partial charge in [-0.3, -0.25) is 0 Å². The molecule has 72 valence electrons. The van der Waals surface area contributed by atoms with Gasteiger partial charge in [-0.2, -0.15) is 0 Å². The molecule has 1 aromatic heterocycles. The second kappa shape index (κ2) is 4.23. The van der Waals surface area contributed by atoms with Gasteiger partial charge >= 0.3 is 0 Å². The zero-order valence-corrected chi connectivity index (χ0v) is 9.82. The van der Waals surface area contributed by atoms with Crippen LogP contribution < -0.4 is 5.73 Å². The molecule has 0 saturated heterocycles. The second-order valence-corrected chi connectivity index (χ2v) is 4.41. The second-order valence-electron chi connectivity index (χ2n) is 3.31. The monoisotopic (exact) mass is 292 g/mol. The fourth-order valence-electron chi connectivity index (χ4n) is 1.00. The van der Waals surface area contributed by atoms with Gasteiger partial charge in [0.1, 0.15) is 15.1 Å². The molecule has 1 atom stereocenters. The van der Waals surface area contributed by atoms with Crippen molar-refractivity contribution in [3.05, 3.63) is 21.5 Å². The lowest BCUT2D eigenvalue weighted by molar-refractivity contribution is 0.430. The summed E-state index contributed by atoms with van der Waals surface area (Å²) in [5, 5.41) is 9.51. The maximum atomic E-state index is 9.51. The van der Waals surface area contributed by atoms with Crippen LogP contribution in [0.5, 0.6) is 5.75 Å². The van der Waals surface area contributed by atoms with Crippen LogP contribution in [0.1, 0.15) is 25.6 Å². The van der Waals surface area contributed by atoms with Gasteiger partial charge in [-0.25, -0.2) is 4.98 Å². The molecule has 0 aliphatic rings. The third kappa shape index (κ3) is 2.54. The number of nitrogens with two attached hydrogens (primary N) is 1. The Morgan fingerprint density at radius 1 is 1.46 bits per heavy atom. The summed E-state index contributed by atoms with van der Waals surface area (Å²) < 4.78 is 0.849. The third-order valence-electron chi connectivity index (χ3n) is 1.90. The van der Waals surface area contributed by atoms with E-state index in [1.165, 1.54) is 0 Å². The van der Waals surface area contributed by atoms with E-state index in [2.05, 4.69) is 27.6 Å². The molecule has 0 unspecified atom stereocenters. The Morgan fingerprint density at radius 3 is 2.62 bits per heavy atom. The SMILES string of the molecule is CC(C)[C@H](N)c1nc(I)ccc1O. The van der Waals surface area contributed by atoms with E-state index >= 15 is 0 Å². The Labute approximate surface area is 91.5 Å².